The molecule has 2 aromatic carbocycles. The second-order valence-electron chi connectivity index (χ2n) is 5.02. The third-order valence-corrected chi connectivity index (χ3v) is 3.65. The summed E-state index contributed by atoms with van der Waals surface area (Å²) < 4.78 is 5.46. The number of nitrogens with one attached hydrogen (secondary N) is 1. The van der Waals surface area contributed by atoms with E-state index in [4.69, 9.17) is 4.74 Å². The summed E-state index contributed by atoms with van der Waals surface area (Å²) >= 11 is 3.02. The van der Waals surface area contributed by atoms with Crippen molar-refractivity contribution in [3.05, 3.63) is 62.1 Å². The fourth-order valence-electron chi connectivity index (χ4n) is 1.87. The summed E-state index contributed by atoms with van der Waals surface area (Å²) in [6.07, 6.45) is 1.11. The highest BCUT2D eigenvalue weighted by Gasteiger charge is 2.13. The van der Waals surface area contributed by atoms with Crippen LogP contribution in [0.1, 0.15) is 11.1 Å². The van der Waals surface area contributed by atoms with Gasteiger partial charge in [-0.1, -0.05) is 12.1 Å². The molecule has 0 fully saturated rings. The monoisotopic (exact) mass is 407 g/mol. The van der Waals surface area contributed by atoms with Gasteiger partial charge in [0.2, 0.25) is 0 Å². The molecule has 0 aliphatic rings. The lowest BCUT2D eigenvalue weighted by Gasteiger charge is -2.05. The average Bonchev–Trinajstić information content (AvgIpc) is 2.56. The van der Waals surface area contributed by atoms with Crippen molar-refractivity contribution in [2.75, 3.05) is 6.61 Å². The number of nitro benzene ring substituents is 1. The van der Waals surface area contributed by atoms with Gasteiger partial charge in [0.05, 0.1) is 15.6 Å². The molecule has 0 saturated carbocycles. The third-order valence-electron chi connectivity index (χ3n) is 3.04. The molecule has 130 valence electrons. The summed E-state index contributed by atoms with van der Waals surface area (Å²) in [5, 5.41) is 24.3. The van der Waals surface area contributed by atoms with Crippen molar-refractivity contribution < 1.29 is 19.6 Å². The van der Waals surface area contributed by atoms with Crippen LogP contribution in [0.5, 0.6) is 11.5 Å². The molecule has 2 aromatic rings. The average molecular weight is 408 g/mol. The summed E-state index contributed by atoms with van der Waals surface area (Å²) in [4.78, 5) is 21.9. The Bertz CT molecular complexity index is 839. The number of nitro groups is 1. The van der Waals surface area contributed by atoms with Gasteiger partial charge in [-0.05, 0) is 40.5 Å². The molecular formula is C16H14BrN3O5. The summed E-state index contributed by atoms with van der Waals surface area (Å²) in [7, 11) is 0. The van der Waals surface area contributed by atoms with E-state index in [0.29, 0.717) is 5.75 Å². The normalized spacial score (nSPS) is 10.6. The number of carbonyl (C=O) groups is 1. The minimum Gasteiger partial charge on any atom is -0.506 e. The fraction of sp³-hybridized carbons (Fsp3) is 0.125. The molecule has 0 aliphatic heterocycles. The van der Waals surface area contributed by atoms with Gasteiger partial charge in [0.15, 0.2) is 6.61 Å². The lowest BCUT2D eigenvalue weighted by molar-refractivity contribution is -0.385. The second kappa shape index (κ2) is 8.25. The molecule has 0 atom stereocenters. The topological polar surface area (TPSA) is 114 Å². The van der Waals surface area contributed by atoms with Crippen LogP contribution in [0.25, 0.3) is 0 Å². The van der Waals surface area contributed by atoms with E-state index in [0.717, 1.165) is 17.8 Å². The molecule has 1 amide bonds. The van der Waals surface area contributed by atoms with Crippen LogP contribution in [0.3, 0.4) is 0 Å². The van der Waals surface area contributed by atoms with E-state index in [2.05, 4.69) is 26.5 Å². The van der Waals surface area contributed by atoms with E-state index in [1.165, 1.54) is 6.07 Å². The number of aromatic hydroxyl groups is 1. The van der Waals surface area contributed by atoms with Crippen molar-refractivity contribution in [2.24, 2.45) is 5.10 Å². The molecule has 8 nitrogen and oxygen atoms in total. The van der Waals surface area contributed by atoms with Gasteiger partial charge in [-0.3, -0.25) is 14.9 Å². The number of nitrogens with zero attached hydrogens (tertiary/aromatic N) is 2. The Morgan fingerprint density at radius 1 is 1.44 bits per heavy atom. The van der Waals surface area contributed by atoms with Gasteiger partial charge in [0.1, 0.15) is 11.5 Å². The first kappa shape index (κ1) is 18.4. The largest absolute Gasteiger partial charge is 0.506 e. The van der Waals surface area contributed by atoms with Crippen LogP contribution in [-0.2, 0) is 4.79 Å². The number of ether oxygens (including phenoxy) is 1. The number of aryl methyl sites for hydroxylation is 1. The molecule has 9 heteroatoms. The summed E-state index contributed by atoms with van der Waals surface area (Å²) in [6.45, 7) is 1.66. The number of carbonyl (C=O) groups excluding carboxylic acids is 1. The lowest BCUT2D eigenvalue weighted by atomic mass is 10.2. The first-order valence-electron chi connectivity index (χ1n) is 7.05. The minimum atomic E-state index is -0.601. The number of hydrogen-bond donors (Lipinski definition) is 2. The number of phenols is 1. The maximum absolute atomic E-state index is 11.7. The van der Waals surface area contributed by atoms with E-state index in [9.17, 15) is 20.0 Å². The number of non-ortho nitro benzene ring substituents is 1. The summed E-state index contributed by atoms with van der Waals surface area (Å²) in [5.74, 6) is -0.180. The zero-order valence-corrected chi connectivity index (χ0v) is 14.7. The quantitative estimate of drug-likeness (QED) is 0.434. The molecular weight excluding hydrogens is 394 g/mol. The van der Waals surface area contributed by atoms with Crippen molar-refractivity contribution in [3.63, 3.8) is 0 Å². The molecule has 2 N–H and O–H groups in total. The van der Waals surface area contributed by atoms with Crippen molar-refractivity contribution >= 4 is 33.7 Å². The molecule has 25 heavy (non-hydrogen) atoms. The molecule has 0 bridgehead atoms. The number of rotatable bonds is 6. The molecule has 2 rings (SSSR count). The van der Waals surface area contributed by atoms with Crippen LogP contribution in [0.2, 0.25) is 0 Å². The second-order valence-corrected chi connectivity index (χ2v) is 5.88. The Hall–Kier alpha value is -2.94. The van der Waals surface area contributed by atoms with Crippen molar-refractivity contribution in [1.29, 1.82) is 0 Å². The van der Waals surface area contributed by atoms with Gasteiger partial charge in [0.25, 0.3) is 11.6 Å². The third kappa shape index (κ3) is 5.28. The number of amides is 1. The first-order valence-corrected chi connectivity index (χ1v) is 7.84. The Labute approximate surface area is 151 Å². The van der Waals surface area contributed by atoms with Gasteiger partial charge in [-0.2, -0.15) is 5.10 Å². The zero-order chi connectivity index (χ0) is 18.4. The standard InChI is InChI=1S/C16H14BrN3O5/c1-10-3-2-4-13(5-10)25-9-15(21)19-18-8-11-6-12(20(23)24)7-14(17)16(11)22/h2-8,22H,9H2,1H3,(H,19,21)/b18-8+. The van der Waals surface area contributed by atoms with Crippen LogP contribution < -0.4 is 10.2 Å². The van der Waals surface area contributed by atoms with Gasteiger partial charge in [-0.15, -0.1) is 0 Å². The number of hydrazone groups is 1. The minimum absolute atomic E-state index is 0.0842. The summed E-state index contributed by atoms with van der Waals surface area (Å²) in [6, 6.07) is 9.53. The molecule has 0 aliphatic carbocycles. The van der Waals surface area contributed by atoms with Crippen molar-refractivity contribution in [2.45, 2.75) is 6.92 Å². The van der Waals surface area contributed by atoms with E-state index in [1.807, 2.05) is 19.1 Å². The van der Waals surface area contributed by atoms with Gasteiger partial charge >= 0.3 is 0 Å². The van der Waals surface area contributed by atoms with E-state index in [-0.39, 0.29) is 28.1 Å². The predicted octanol–water partition coefficient (Wildman–Crippen LogP) is 2.90. The molecule has 0 saturated heterocycles. The number of phenolic OH excluding ortho intramolecular Hbond substituents is 1. The van der Waals surface area contributed by atoms with Crippen molar-refractivity contribution in [1.82, 2.24) is 5.43 Å². The molecule has 0 spiro atoms. The highest BCUT2D eigenvalue weighted by atomic mass is 79.9. The maximum Gasteiger partial charge on any atom is 0.277 e. The SMILES string of the molecule is Cc1cccc(OCC(=O)N/N=C/c2cc([N+](=O)[O-])cc(Br)c2O)c1. The molecule has 0 radical (unpaired) electrons. The zero-order valence-electron chi connectivity index (χ0n) is 13.1. The number of hydrogen-bond acceptors (Lipinski definition) is 6. The first-order chi connectivity index (χ1) is 11.9. The van der Waals surface area contributed by atoms with E-state index >= 15 is 0 Å². The lowest BCUT2D eigenvalue weighted by Crippen LogP contribution is -2.24. The molecule has 0 heterocycles. The number of halogens is 1. The Kier molecular flexibility index (Phi) is 6.07. The van der Waals surface area contributed by atoms with E-state index in [1.54, 1.807) is 12.1 Å². The van der Waals surface area contributed by atoms with Gasteiger partial charge in [0, 0.05) is 17.7 Å². The smallest absolute Gasteiger partial charge is 0.277 e. The van der Waals surface area contributed by atoms with Crippen LogP contribution in [0, 0.1) is 17.0 Å². The maximum atomic E-state index is 11.7. The number of benzene rings is 2. The van der Waals surface area contributed by atoms with Crippen LogP contribution in [0.15, 0.2) is 46.0 Å². The molecule has 0 unspecified atom stereocenters. The highest BCUT2D eigenvalue weighted by Crippen LogP contribution is 2.31. The Morgan fingerprint density at radius 2 is 2.20 bits per heavy atom. The van der Waals surface area contributed by atoms with Crippen LogP contribution >= 0.6 is 15.9 Å². The Balaban J connectivity index is 1.96. The van der Waals surface area contributed by atoms with E-state index < -0.39 is 10.8 Å². The highest BCUT2D eigenvalue weighted by molar-refractivity contribution is 9.10. The fourth-order valence-corrected chi connectivity index (χ4v) is 2.33. The van der Waals surface area contributed by atoms with Crippen LogP contribution in [-0.4, -0.2) is 28.8 Å². The van der Waals surface area contributed by atoms with Gasteiger partial charge in [-0.25, -0.2) is 5.43 Å². The Morgan fingerprint density at radius 3 is 2.88 bits per heavy atom. The predicted molar refractivity (Wildman–Crippen MR) is 94.9 cm³/mol. The summed E-state index contributed by atoms with van der Waals surface area (Å²) in [5.41, 5.74) is 3.09. The van der Waals surface area contributed by atoms with Crippen molar-refractivity contribution in [3.8, 4) is 11.5 Å². The van der Waals surface area contributed by atoms with Gasteiger partial charge < -0.3 is 9.84 Å². The molecule has 0 aromatic heterocycles. The van der Waals surface area contributed by atoms with Crippen LogP contribution in [0.4, 0.5) is 5.69 Å².